The summed E-state index contributed by atoms with van der Waals surface area (Å²) in [5, 5.41) is 15.6. The third-order valence-electron chi connectivity index (χ3n) is 4.96. The fourth-order valence-corrected chi connectivity index (χ4v) is 4.68. The van der Waals surface area contributed by atoms with Gasteiger partial charge < -0.3 is 15.4 Å². The molecule has 2 amide bonds. The highest BCUT2D eigenvalue weighted by Gasteiger charge is 2.44. The number of nitriles is 1. The molecule has 0 saturated heterocycles. The summed E-state index contributed by atoms with van der Waals surface area (Å²) in [4.78, 5) is 37.7. The number of hydrogen-bond acceptors (Lipinski definition) is 6. The molecule has 2 N–H and O–H groups in total. The molecule has 0 fully saturated rings. The second-order valence-corrected chi connectivity index (χ2v) is 8.93. The van der Waals surface area contributed by atoms with Crippen LogP contribution in [0.3, 0.4) is 0 Å². The fraction of sp³-hybridized carbons (Fsp3) is 0.217. The number of carbonyl (C=O) groups is 3. The first-order valence-corrected chi connectivity index (χ1v) is 11.4. The van der Waals surface area contributed by atoms with Gasteiger partial charge in [-0.25, -0.2) is 0 Å². The number of nitrogens with zero attached hydrogens (tertiary/aromatic N) is 1. The maximum atomic E-state index is 12.8. The first-order valence-electron chi connectivity index (χ1n) is 9.62. The van der Waals surface area contributed by atoms with E-state index >= 15 is 0 Å². The Morgan fingerprint density at radius 3 is 2.66 bits per heavy atom. The molecule has 0 saturated carbocycles. The summed E-state index contributed by atoms with van der Waals surface area (Å²) in [6, 6.07) is 16.6. The predicted octanol–water partition coefficient (Wildman–Crippen LogP) is 3.87. The number of esters is 1. The highest BCUT2D eigenvalue weighted by Crippen LogP contribution is 2.40. The molecule has 0 unspecified atom stereocenters. The van der Waals surface area contributed by atoms with Crippen molar-refractivity contribution in [2.24, 2.45) is 5.92 Å². The van der Waals surface area contributed by atoms with E-state index in [1.807, 2.05) is 25.1 Å². The van der Waals surface area contributed by atoms with E-state index in [4.69, 9.17) is 4.74 Å². The molecule has 0 radical (unpaired) electrons. The lowest BCUT2D eigenvalue weighted by molar-refractivity contribution is -0.150. The van der Waals surface area contributed by atoms with Gasteiger partial charge in [-0.15, -0.1) is 0 Å². The molecular formula is C23H20BrN3O4S. The van der Waals surface area contributed by atoms with Crippen LogP contribution in [0, 0.1) is 24.2 Å². The van der Waals surface area contributed by atoms with Gasteiger partial charge in [-0.05, 0) is 36.2 Å². The molecule has 0 spiro atoms. The lowest BCUT2D eigenvalue weighted by Gasteiger charge is -2.31. The van der Waals surface area contributed by atoms with E-state index in [0.29, 0.717) is 11.3 Å². The number of benzene rings is 2. The number of ether oxygens (including phenoxy) is 1. The number of nitrogens with one attached hydrogen (secondary N) is 2. The van der Waals surface area contributed by atoms with Crippen molar-refractivity contribution < 1.29 is 19.1 Å². The lowest BCUT2D eigenvalue weighted by Crippen LogP contribution is -2.44. The second-order valence-electron chi connectivity index (χ2n) is 7.03. The summed E-state index contributed by atoms with van der Waals surface area (Å²) in [6.07, 6.45) is 0. The van der Waals surface area contributed by atoms with E-state index in [9.17, 15) is 19.6 Å². The molecular weight excluding hydrogens is 494 g/mol. The Labute approximate surface area is 198 Å². The number of rotatable bonds is 6. The van der Waals surface area contributed by atoms with Crippen LogP contribution in [-0.4, -0.2) is 30.6 Å². The minimum Gasteiger partial charge on any atom is -0.468 e. The topological polar surface area (TPSA) is 108 Å². The Morgan fingerprint density at radius 1 is 1.25 bits per heavy atom. The van der Waals surface area contributed by atoms with Gasteiger partial charge in [0.05, 0.1) is 29.5 Å². The van der Waals surface area contributed by atoms with Crippen LogP contribution in [0.25, 0.3) is 0 Å². The van der Waals surface area contributed by atoms with Gasteiger partial charge in [-0.1, -0.05) is 58.0 Å². The molecule has 3 rings (SSSR count). The van der Waals surface area contributed by atoms with Gasteiger partial charge in [0.25, 0.3) is 0 Å². The van der Waals surface area contributed by atoms with Crippen LogP contribution in [-0.2, 0) is 19.1 Å². The molecule has 9 heteroatoms. The van der Waals surface area contributed by atoms with Gasteiger partial charge in [0.2, 0.25) is 11.8 Å². The molecule has 2 aromatic rings. The van der Waals surface area contributed by atoms with E-state index in [2.05, 4.69) is 32.6 Å². The molecule has 0 bridgehead atoms. The molecule has 0 aromatic heterocycles. The van der Waals surface area contributed by atoms with Crippen LogP contribution in [0.2, 0.25) is 0 Å². The Morgan fingerprint density at radius 2 is 2.00 bits per heavy atom. The fourth-order valence-electron chi connectivity index (χ4n) is 3.42. The van der Waals surface area contributed by atoms with E-state index in [1.165, 1.54) is 7.11 Å². The Balaban J connectivity index is 1.90. The SMILES string of the molecule is COC(=O)[C@@H]1C(=O)NC(SCC(=O)Nc2ccccc2C)=C(C#N)[C@@H]1c1cccc(Br)c1. The van der Waals surface area contributed by atoms with E-state index in [1.54, 1.807) is 30.3 Å². The zero-order chi connectivity index (χ0) is 23.3. The number of halogens is 1. The van der Waals surface area contributed by atoms with Crippen molar-refractivity contribution >= 4 is 51.2 Å². The van der Waals surface area contributed by atoms with Crippen LogP contribution in [0.4, 0.5) is 5.69 Å². The van der Waals surface area contributed by atoms with Crippen molar-refractivity contribution in [3.63, 3.8) is 0 Å². The molecule has 32 heavy (non-hydrogen) atoms. The van der Waals surface area contributed by atoms with E-state index < -0.39 is 23.7 Å². The van der Waals surface area contributed by atoms with E-state index in [-0.39, 0.29) is 22.3 Å². The number of para-hydroxylation sites is 1. The van der Waals surface area contributed by atoms with Crippen molar-refractivity contribution in [2.75, 3.05) is 18.2 Å². The monoisotopic (exact) mass is 513 g/mol. The minimum atomic E-state index is -1.21. The zero-order valence-electron chi connectivity index (χ0n) is 17.3. The summed E-state index contributed by atoms with van der Waals surface area (Å²) in [7, 11) is 1.20. The molecule has 0 aliphatic carbocycles. The van der Waals surface area contributed by atoms with E-state index in [0.717, 1.165) is 21.8 Å². The van der Waals surface area contributed by atoms with Crippen LogP contribution in [0.5, 0.6) is 0 Å². The summed E-state index contributed by atoms with van der Waals surface area (Å²) in [5.41, 5.74) is 2.43. The Hall–Kier alpha value is -3.09. The summed E-state index contributed by atoms with van der Waals surface area (Å²) < 4.78 is 5.58. The number of amides is 2. The van der Waals surface area contributed by atoms with Gasteiger partial charge in [-0.2, -0.15) is 5.26 Å². The Bertz CT molecular complexity index is 1140. The molecule has 7 nitrogen and oxygen atoms in total. The summed E-state index contributed by atoms with van der Waals surface area (Å²) in [6.45, 7) is 1.88. The highest BCUT2D eigenvalue weighted by atomic mass is 79.9. The smallest absolute Gasteiger partial charge is 0.319 e. The summed E-state index contributed by atoms with van der Waals surface area (Å²) in [5.74, 6) is -3.67. The van der Waals surface area contributed by atoms with Crippen molar-refractivity contribution in [1.29, 1.82) is 5.26 Å². The van der Waals surface area contributed by atoms with Crippen LogP contribution in [0.15, 0.2) is 63.6 Å². The van der Waals surface area contributed by atoms with Gasteiger partial charge in [0, 0.05) is 16.1 Å². The molecule has 1 heterocycles. The molecule has 164 valence electrons. The lowest BCUT2D eigenvalue weighted by atomic mass is 9.78. The molecule has 1 aliphatic heterocycles. The first-order chi connectivity index (χ1) is 15.3. The number of anilines is 1. The maximum absolute atomic E-state index is 12.8. The second kappa shape index (κ2) is 10.5. The minimum absolute atomic E-state index is 0.0246. The third-order valence-corrected chi connectivity index (χ3v) is 6.47. The quantitative estimate of drug-likeness (QED) is 0.448. The number of hydrogen-bond donors (Lipinski definition) is 2. The van der Waals surface area contributed by atoms with Gasteiger partial charge in [-0.3, -0.25) is 14.4 Å². The first kappa shape index (κ1) is 23.6. The van der Waals surface area contributed by atoms with Crippen LogP contribution < -0.4 is 10.6 Å². The van der Waals surface area contributed by atoms with Crippen molar-refractivity contribution in [1.82, 2.24) is 5.32 Å². The summed E-state index contributed by atoms with van der Waals surface area (Å²) >= 11 is 4.43. The predicted molar refractivity (Wildman–Crippen MR) is 125 cm³/mol. The van der Waals surface area contributed by atoms with Crippen LogP contribution >= 0.6 is 27.7 Å². The Kier molecular flexibility index (Phi) is 7.72. The standard InChI is InChI=1S/C23H20BrN3O4S/c1-13-6-3-4-9-17(13)26-18(28)12-32-22-16(11-25)19(14-7-5-8-15(24)10-14)20(21(29)27-22)23(30)31-2/h3-10,19-20H,12H2,1-2H3,(H,26,28)(H,27,29)/t19-,20-/m0/s1. The molecule has 2 atom stereocenters. The maximum Gasteiger partial charge on any atom is 0.319 e. The number of allylic oxidation sites excluding steroid dienone is 1. The van der Waals surface area contributed by atoms with Gasteiger partial charge >= 0.3 is 5.97 Å². The van der Waals surface area contributed by atoms with Gasteiger partial charge in [0.1, 0.15) is 5.92 Å². The third kappa shape index (κ3) is 5.21. The molecule has 2 aromatic carbocycles. The number of aryl methyl sites for hydroxylation is 1. The van der Waals surface area contributed by atoms with Crippen molar-refractivity contribution in [2.45, 2.75) is 12.8 Å². The highest BCUT2D eigenvalue weighted by molar-refractivity contribution is 9.10. The molecule has 1 aliphatic rings. The normalized spacial score (nSPS) is 17.9. The van der Waals surface area contributed by atoms with Crippen molar-refractivity contribution in [3.05, 3.63) is 74.7 Å². The number of carbonyl (C=O) groups excluding carboxylic acids is 3. The number of methoxy groups -OCH3 is 1. The average molecular weight is 514 g/mol. The number of thioether (sulfide) groups is 1. The van der Waals surface area contributed by atoms with Gasteiger partial charge in [0.15, 0.2) is 0 Å². The van der Waals surface area contributed by atoms with Crippen LogP contribution in [0.1, 0.15) is 17.0 Å². The zero-order valence-corrected chi connectivity index (χ0v) is 19.7. The largest absolute Gasteiger partial charge is 0.468 e. The van der Waals surface area contributed by atoms with Crippen molar-refractivity contribution in [3.8, 4) is 6.07 Å². The average Bonchev–Trinajstić information content (AvgIpc) is 2.78.